The van der Waals surface area contributed by atoms with Gasteiger partial charge >= 0.3 is 5.69 Å². The van der Waals surface area contributed by atoms with E-state index in [-0.39, 0.29) is 11.5 Å². The summed E-state index contributed by atoms with van der Waals surface area (Å²) in [7, 11) is 1.37. The molecule has 0 aromatic heterocycles. The van der Waals surface area contributed by atoms with Crippen LogP contribution in [0.3, 0.4) is 0 Å². The largest absolute Gasteiger partial charge is 0.502 e. The van der Waals surface area contributed by atoms with Crippen LogP contribution in [0.4, 0.5) is 5.69 Å². The molecule has 0 aliphatic heterocycles. The van der Waals surface area contributed by atoms with E-state index in [4.69, 9.17) is 9.47 Å². The van der Waals surface area contributed by atoms with Crippen molar-refractivity contribution in [3.05, 3.63) is 22.2 Å². The molecule has 0 atom stereocenters. The third-order valence-corrected chi connectivity index (χ3v) is 1.76. The second-order valence-corrected chi connectivity index (χ2v) is 2.68. The average Bonchev–Trinajstić information content (AvgIpc) is 2.18. The smallest absolute Gasteiger partial charge is 0.314 e. The Balaban J connectivity index is 3.22. The van der Waals surface area contributed by atoms with Crippen LogP contribution < -0.4 is 9.47 Å². The number of rotatable bonds is 4. The Bertz CT molecular complexity index is 377. The van der Waals surface area contributed by atoms with Crippen LogP contribution in [0.2, 0.25) is 0 Å². The molecule has 6 heteroatoms. The number of nitro groups is 1. The minimum atomic E-state index is -0.687. The number of phenols is 1. The Hall–Kier alpha value is -1.98. The fourth-order valence-electron chi connectivity index (χ4n) is 1.11. The fraction of sp³-hybridized carbons (Fsp3) is 0.333. The number of phenolic OH excluding ortho intramolecular Hbond substituents is 1. The molecule has 82 valence electrons. The lowest BCUT2D eigenvalue weighted by Gasteiger charge is -2.09. The number of nitrogens with zero attached hydrogens (tertiary/aromatic N) is 1. The third kappa shape index (κ3) is 2.28. The number of ether oxygens (including phenoxy) is 2. The second kappa shape index (κ2) is 4.50. The zero-order valence-electron chi connectivity index (χ0n) is 8.39. The van der Waals surface area contributed by atoms with Crippen LogP contribution >= 0.6 is 0 Å². The Labute approximate surface area is 86.2 Å². The predicted octanol–water partition coefficient (Wildman–Crippen LogP) is 1.71. The normalized spacial score (nSPS) is 9.73. The minimum absolute atomic E-state index is 0.223. The molecule has 1 aromatic rings. The molecule has 1 N–H and O–H groups in total. The number of methoxy groups -OCH3 is 1. The van der Waals surface area contributed by atoms with E-state index in [9.17, 15) is 15.2 Å². The molecule has 0 spiro atoms. The van der Waals surface area contributed by atoms with Gasteiger partial charge in [0.25, 0.3) is 0 Å². The van der Waals surface area contributed by atoms with Gasteiger partial charge in [0, 0.05) is 6.07 Å². The van der Waals surface area contributed by atoms with Crippen molar-refractivity contribution < 1.29 is 19.5 Å². The van der Waals surface area contributed by atoms with E-state index in [0.717, 1.165) is 6.07 Å². The van der Waals surface area contributed by atoms with E-state index in [2.05, 4.69) is 0 Å². The van der Waals surface area contributed by atoms with E-state index in [1.54, 1.807) is 6.92 Å². The summed E-state index contributed by atoms with van der Waals surface area (Å²) in [5.74, 6) is 0.0636. The Morgan fingerprint density at radius 3 is 2.60 bits per heavy atom. The first-order valence-corrected chi connectivity index (χ1v) is 4.28. The Kier molecular flexibility index (Phi) is 3.33. The molecule has 0 saturated heterocycles. The average molecular weight is 213 g/mol. The standard InChI is InChI=1S/C9H11NO5/c1-3-15-9-5-7(11)6(10(12)13)4-8(9)14-2/h4-5,11H,3H2,1-2H3. The van der Waals surface area contributed by atoms with Crippen molar-refractivity contribution in [2.45, 2.75) is 6.92 Å². The molecule has 6 nitrogen and oxygen atoms in total. The summed E-state index contributed by atoms with van der Waals surface area (Å²) >= 11 is 0. The summed E-state index contributed by atoms with van der Waals surface area (Å²) in [4.78, 5) is 9.82. The molecule has 1 aromatic carbocycles. The number of nitro benzene ring substituents is 1. The first-order chi connectivity index (χ1) is 7.10. The van der Waals surface area contributed by atoms with Crippen LogP contribution in [0.1, 0.15) is 6.92 Å². The van der Waals surface area contributed by atoms with Crippen molar-refractivity contribution in [1.29, 1.82) is 0 Å². The monoisotopic (exact) mass is 213 g/mol. The van der Waals surface area contributed by atoms with Gasteiger partial charge in [-0.05, 0) is 6.92 Å². The molecule has 0 unspecified atom stereocenters. The minimum Gasteiger partial charge on any atom is -0.502 e. The summed E-state index contributed by atoms with van der Waals surface area (Å²) in [6.45, 7) is 2.14. The molecule has 0 bridgehead atoms. The third-order valence-electron chi connectivity index (χ3n) is 1.76. The van der Waals surface area contributed by atoms with Crippen LogP contribution in [-0.2, 0) is 0 Å². The van der Waals surface area contributed by atoms with Gasteiger partial charge in [0.15, 0.2) is 17.2 Å². The van der Waals surface area contributed by atoms with Crippen molar-refractivity contribution in [2.75, 3.05) is 13.7 Å². The van der Waals surface area contributed by atoms with E-state index < -0.39 is 16.4 Å². The first-order valence-electron chi connectivity index (χ1n) is 4.28. The predicted molar refractivity (Wildman–Crippen MR) is 52.5 cm³/mol. The van der Waals surface area contributed by atoms with Gasteiger partial charge in [0.2, 0.25) is 0 Å². The van der Waals surface area contributed by atoms with Crippen LogP contribution in [0.15, 0.2) is 12.1 Å². The number of benzene rings is 1. The maximum absolute atomic E-state index is 10.5. The fourth-order valence-corrected chi connectivity index (χ4v) is 1.11. The molecule has 15 heavy (non-hydrogen) atoms. The summed E-state index contributed by atoms with van der Waals surface area (Å²) in [6, 6.07) is 2.29. The Morgan fingerprint density at radius 1 is 1.47 bits per heavy atom. The maximum Gasteiger partial charge on any atom is 0.314 e. The van der Waals surface area contributed by atoms with E-state index >= 15 is 0 Å². The zero-order valence-corrected chi connectivity index (χ0v) is 8.39. The summed E-state index contributed by atoms with van der Waals surface area (Å²) in [5, 5.41) is 19.8. The van der Waals surface area contributed by atoms with Crippen molar-refractivity contribution in [1.82, 2.24) is 0 Å². The SMILES string of the molecule is CCOc1cc(O)c([N+](=O)[O-])cc1OC. The van der Waals surface area contributed by atoms with Gasteiger partial charge in [0.1, 0.15) is 0 Å². The van der Waals surface area contributed by atoms with Crippen molar-refractivity contribution in [3.63, 3.8) is 0 Å². The van der Waals surface area contributed by atoms with Crippen molar-refractivity contribution in [3.8, 4) is 17.2 Å². The first kappa shape index (κ1) is 11.1. The molecule has 0 radical (unpaired) electrons. The molecular formula is C9H11NO5. The molecule has 0 aliphatic carbocycles. The molecular weight excluding hydrogens is 202 g/mol. The maximum atomic E-state index is 10.5. The Morgan fingerprint density at radius 2 is 2.13 bits per heavy atom. The van der Waals surface area contributed by atoms with Gasteiger partial charge in [-0.1, -0.05) is 0 Å². The van der Waals surface area contributed by atoms with E-state index in [1.807, 2.05) is 0 Å². The number of aromatic hydroxyl groups is 1. The molecule has 0 saturated carbocycles. The molecule has 0 aliphatic rings. The lowest BCUT2D eigenvalue weighted by atomic mass is 10.2. The number of hydrogen-bond donors (Lipinski definition) is 1. The van der Waals surface area contributed by atoms with Gasteiger partial charge in [-0.25, -0.2) is 0 Å². The van der Waals surface area contributed by atoms with Gasteiger partial charge < -0.3 is 14.6 Å². The van der Waals surface area contributed by atoms with E-state index in [1.165, 1.54) is 13.2 Å². The number of hydrogen-bond acceptors (Lipinski definition) is 5. The zero-order chi connectivity index (χ0) is 11.4. The highest BCUT2D eigenvalue weighted by Crippen LogP contribution is 2.38. The summed E-state index contributed by atoms with van der Waals surface area (Å²) in [6.07, 6.45) is 0. The quantitative estimate of drug-likeness (QED) is 0.608. The second-order valence-electron chi connectivity index (χ2n) is 2.68. The van der Waals surface area contributed by atoms with Crippen molar-refractivity contribution in [2.24, 2.45) is 0 Å². The molecule has 0 heterocycles. The summed E-state index contributed by atoms with van der Waals surface area (Å²) < 4.78 is 10.0. The highest BCUT2D eigenvalue weighted by Gasteiger charge is 2.18. The van der Waals surface area contributed by atoms with E-state index in [0.29, 0.717) is 6.61 Å². The van der Waals surface area contributed by atoms with Gasteiger partial charge in [-0.2, -0.15) is 0 Å². The topological polar surface area (TPSA) is 81.8 Å². The van der Waals surface area contributed by atoms with Crippen LogP contribution in [0.5, 0.6) is 17.2 Å². The van der Waals surface area contributed by atoms with Crippen molar-refractivity contribution >= 4 is 5.69 Å². The molecule has 0 fully saturated rings. The van der Waals surface area contributed by atoms with Gasteiger partial charge in [0.05, 0.1) is 24.7 Å². The van der Waals surface area contributed by atoms with Crippen LogP contribution in [-0.4, -0.2) is 23.7 Å². The lowest BCUT2D eigenvalue weighted by Crippen LogP contribution is -1.97. The van der Waals surface area contributed by atoms with Crippen LogP contribution in [0, 0.1) is 10.1 Å². The summed E-state index contributed by atoms with van der Waals surface area (Å²) in [5.41, 5.74) is -0.407. The van der Waals surface area contributed by atoms with Gasteiger partial charge in [-0.3, -0.25) is 10.1 Å². The van der Waals surface area contributed by atoms with Crippen LogP contribution in [0.25, 0.3) is 0 Å². The molecule has 1 rings (SSSR count). The highest BCUT2D eigenvalue weighted by atomic mass is 16.6. The lowest BCUT2D eigenvalue weighted by molar-refractivity contribution is -0.386. The highest BCUT2D eigenvalue weighted by molar-refractivity contribution is 5.57. The molecule has 0 amide bonds. The van der Waals surface area contributed by atoms with Gasteiger partial charge in [-0.15, -0.1) is 0 Å².